The van der Waals surface area contributed by atoms with E-state index in [1.165, 1.54) is 25.7 Å². The Bertz CT molecular complexity index is 527. The molecule has 1 aromatic carbocycles. The molecule has 0 aliphatic heterocycles. The molecule has 102 valence electrons. The number of pyridine rings is 1. The number of aromatic nitrogens is 1. The van der Waals surface area contributed by atoms with Crippen molar-refractivity contribution in [1.29, 1.82) is 0 Å². The van der Waals surface area contributed by atoms with Gasteiger partial charge in [0.25, 0.3) is 0 Å². The number of hydrogen-bond donors (Lipinski definition) is 0. The maximum atomic E-state index is 6.01. The summed E-state index contributed by atoms with van der Waals surface area (Å²) in [4.78, 5) is 4.29. The molecule has 0 bridgehead atoms. The number of hydrogen-bond acceptors (Lipinski definition) is 2. The molecule has 0 saturated carbocycles. The highest BCUT2D eigenvalue weighted by Crippen LogP contribution is 2.27. The van der Waals surface area contributed by atoms with Crippen molar-refractivity contribution in [2.24, 2.45) is 0 Å². The van der Waals surface area contributed by atoms with Gasteiger partial charge in [0.1, 0.15) is 10.9 Å². The van der Waals surface area contributed by atoms with Crippen LogP contribution in [0.5, 0.6) is 5.75 Å². The number of rotatable bonds is 7. The lowest BCUT2D eigenvalue weighted by Crippen LogP contribution is -1.98. The fourth-order valence-electron chi connectivity index (χ4n) is 2.12. The van der Waals surface area contributed by atoms with Gasteiger partial charge in [-0.05, 0) is 18.6 Å². The smallest absolute Gasteiger partial charge is 0.133 e. The maximum Gasteiger partial charge on any atom is 0.133 e. The topological polar surface area (TPSA) is 22.1 Å². The molecule has 0 radical (unpaired) electrons. The highest BCUT2D eigenvalue weighted by Gasteiger charge is 2.05. The molecule has 19 heavy (non-hydrogen) atoms. The fraction of sp³-hybridized carbons (Fsp3) is 0.438. The largest absolute Gasteiger partial charge is 0.493 e. The van der Waals surface area contributed by atoms with E-state index >= 15 is 0 Å². The molecule has 2 nitrogen and oxygen atoms in total. The molecule has 0 aliphatic rings. The highest BCUT2D eigenvalue weighted by molar-refractivity contribution is 6.30. The summed E-state index contributed by atoms with van der Waals surface area (Å²) in [5.41, 5.74) is 0.885. The Hall–Kier alpha value is -1.28. The van der Waals surface area contributed by atoms with Crippen LogP contribution in [0.15, 0.2) is 30.3 Å². The van der Waals surface area contributed by atoms with E-state index in [1.54, 1.807) is 6.07 Å². The summed E-state index contributed by atoms with van der Waals surface area (Å²) in [7, 11) is 0. The van der Waals surface area contributed by atoms with Crippen LogP contribution in [0.25, 0.3) is 10.9 Å². The molecule has 2 aromatic rings. The van der Waals surface area contributed by atoms with E-state index in [9.17, 15) is 0 Å². The predicted molar refractivity (Wildman–Crippen MR) is 81.0 cm³/mol. The van der Waals surface area contributed by atoms with Gasteiger partial charge in [-0.15, -0.1) is 0 Å². The first-order valence-electron chi connectivity index (χ1n) is 6.99. The number of ether oxygens (including phenoxy) is 1. The van der Waals surface area contributed by atoms with Gasteiger partial charge in [-0.2, -0.15) is 0 Å². The fourth-order valence-corrected chi connectivity index (χ4v) is 2.31. The summed E-state index contributed by atoms with van der Waals surface area (Å²) >= 11 is 6.01. The second kappa shape index (κ2) is 7.34. The van der Waals surface area contributed by atoms with Crippen molar-refractivity contribution < 1.29 is 4.74 Å². The van der Waals surface area contributed by atoms with Crippen molar-refractivity contribution in [3.05, 3.63) is 35.5 Å². The molecular weight excluding hydrogens is 258 g/mol. The minimum atomic E-state index is 0.486. The summed E-state index contributed by atoms with van der Waals surface area (Å²) in [6, 6.07) is 9.72. The molecule has 0 aliphatic carbocycles. The summed E-state index contributed by atoms with van der Waals surface area (Å²) in [6.07, 6.45) is 6.19. The van der Waals surface area contributed by atoms with Gasteiger partial charge in [0.15, 0.2) is 0 Å². The summed E-state index contributed by atoms with van der Waals surface area (Å²) in [5.74, 6) is 0.839. The summed E-state index contributed by atoms with van der Waals surface area (Å²) in [6.45, 7) is 2.97. The first-order chi connectivity index (χ1) is 9.31. The average molecular weight is 278 g/mol. The molecule has 3 heteroatoms. The van der Waals surface area contributed by atoms with E-state index in [0.717, 1.165) is 29.7 Å². The standard InChI is InChI=1S/C16H20ClNO/c1-2-3-4-5-8-11-19-15-12-16(17)18-14-10-7-6-9-13(14)15/h6-7,9-10,12H,2-5,8,11H2,1H3. The number of unbranched alkanes of at least 4 members (excludes halogenated alkanes) is 4. The van der Waals surface area contributed by atoms with Gasteiger partial charge in [-0.3, -0.25) is 0 Å². The lowest BCUT2D eigenvalue weighted by Gasteiger charge is -2.09. The Morgan fingerprint density at radius 1 is 1.11 bits per heavy atom. The van der Waals surface area contributed by atoms with Crippen LogP contribution in [0.4, 0.5) is 0 Å². The normalized spacial score (nSPS) is 10.8. The van der Waals surface area contributed by atoms with Crippen molar-refractivity contribution in [1.82, 2.24) is 4.98 Å². The van der Waals surface area contributed by atoms with Crippen molar-refractivity contribution >= 4 is 22.5 Å². The van der Waals surface area contributed by atoms with Gasteiger partial charge in [0, 0.05) is 11.5 Å². The molecule has 1 aromatic heterocycles. The Morgan fingerprint density at radius 2 is 1.89 bits per heavy atom. The maximum absolute atomic E-state index is 6.01. The number of halogens is 1. The number of fused-ring (bicyclic) bond motifs is 1. The highest BCUT2D eigenvalue weighted by atomic mass is 35.5. The van der Waals surface area contributed by atoms with E-state index in [-0.39, 0.29) is 0 Å². The molecule has 2 rings (SSSR count). The quantitative estimate of drug-likeness (QED) is 0.510. The Morgan fingerprint density at radius 3 is 2.74 bits per heavy atom. The Labute approximate surface area is 119 Å². The molecule has 0 saturated heterocycles. The van der Waals surface area contributed by atoms with Gasteiger partial charge >= 0.3 is 0 Å². The van der Waals surface area contributed by atoms with Crippen LogP contribution >= 0.6 is 11.6 Å². The lowest BCUT2D eigenvalue weighted by atomic mass is 10.2. The average Bonchev–Trinajstić information content (AvgIpc) is 2.42. The Balaban J connectivity index is 1.96. The van der Waals surface area contributed by atoms with Crippen molar-refractivity contribution in [2.75, 3.05) is 6.61 Å². The second-order valence-electron chi connectivity index (χ2n) is 4.72. The third-order valence-corrected chi connectivity index (χ3v) is 3.35. The first-order valence-corrected chi connectivity index (χ1v) is 7.37. The van der Waals surface area contributed by atoms with Crippen LogP contribution in [-0.4, -0.2) is 11.6 Å². The van der Waals surface area contributed by atoms with E-state index < -0.39 is 0 Å². The molecular formula is C16H20ClNO. The van der Waals surface area contributed by atoms with Crippen molar-refractivity contribution in [3.8, 4) is 5.75 Å². The number of para-hydroxylation sites is 1. The van der Waals surface area contributed by atoms with E-state index in [2.05, 4.69) is 11.9 Å². The molecule has 0 amide bonds. The zero-order valence-corrected chi connectivity index (χ0v) is 12.1. The zero-order valence-electron chi connectivity index (χ0n) is 11.4. The van der Waals surface area contributed by atoms with Gasteiger partial charge in [-0.1, -0.05) is 56.3 Å². The van der Waals surface area contributed by atoms with Crippen LogP contribution in [0.2, 0.25) is 5.15 Å². The van der Waals surface area contributed by atoms with E-state index in [0.29, 0.717) is 5.15 Å². The molecule has 0 spiro atoms. The molecule has 1 heterocycles. The zero-order chi connectivity index (χ0) is 13.5. The van der Waals surface area contributed by atoms with Crippen LogP contribution in [0.1, 0.15) is 39.0 Å². The monoisotopic (exact) mass is 277 g/mol. The van der Waals surface area contributed by atoms with Crippen LogP contribution in [0.3, 0.4) is 0 Å². The molecule has 0 unspecified atom stereocenters. The minimum Gasteiger partial charge on any atom is -0.493 e. The van der Waals surface area contributed by atoms with E-state index in [4.69, 9.17) is 16.3 Å². The van der Waals surface area contributed by atoms with Gasteiger partial charge in [0.05, 0.1) is 12.1 Å². The van der Waals surface area contributed by atoms with Crippen LogP contribution in [-0.2, 0) is 0 Å². The van der Waals surface area contributed by atoms with Crippen LogP contribution < -0.4 is 4.74 Å². The summed E-state index contributed by atoms with van der Waals surface area (Å²) in [5, 5.41) is 1.51. The van der Waals surface area contributed by atoms with Gasteiger partial charge in [0.2, 0.25) is 0 Å². The van der Waals surface area contributed by atoms with Gasteiger partial charge < -0.3 is 4.74 Å². The van der Waals surface area contributed by atoms with Crippen molar-refractivity contribution in [2.45, 2.75) is 39.0 Å². The SMILES string of the molecule is CCCCCCCOc1cc(Cl)nc2ccccc12. The van der Waals surface area contributed by atoms with E-state index in [1.807, 2.05) is 24.3 Å². The second-order valence-corrected chi connectivity index (χ2v) is 5.11. The lowest BCUT2D eigenvalue weighted by molar-refractivity contribution is 0.308. The molecule has 0 atom stereocenters. The molecule has 0 fully saturated rings. The minimum absolute atomic E-state index is 0.486. The van der Waals surface area contributed by atoms with Crippen LogP contribution in [0, 0.1) is 0 Å². The Kier molecular flexibility index (Phi) is 5.46. The van der Waals surface area contributed by atoms with Gasteiger partial charge in [-0.25, -0.2) is 4.98 Å². The summed E-state index contributed by atoms with van der Waals surface area (Å²) < 4.78 is 5.86. The van der Waals surface area contributed by atoms with Crippen molar-refractivity contribution in [3.63, 3.8) is 0 Å². The number of nitrogens with zero attached hydrogens (tertiary/aromatic N) is 1. The first kappa shape index (κ1) is 14.1. The third-order valence-electron chi connectivity index (χ3n) is 3.15. The predicted octanol–water partition coefficient (Wildman–Crippen LogP) is 5.24. The third kappa shape index (κ3) is 4.10. The number of benzene rings is 1. The molecule has 0 N–H and O–H groups in total.